The first-order valence-electron chi connectivity index (χ1n) is 9.84. The number of carbonyl (C=O) groups excluding carboxylic acids is 1. The Labute approximate surface area is 171 Å². The number of rotatable bonds is 2. The molecule has 2 bridgehead atoms. The van der Waals surface area contributed by atoms with Crippen LogP contribution in [-0.2, 0) is 9.53 Å². The summed E-state index contributed by atoms with van der Waals surface area (Å²) in [5, 5.41) is 6.89. The first-order chi connectivity index (χ1) is 14.0. The molecule has 6 heteroatoms. The van der Waals surface area contributed by atoms with Crippen LogP contribution in [0.4, 0.5) is 0 Å². The minimum atomic E-state index is -0.250. The summed E-state index contributed by atoms with van der Waals surface area (Å²) < 4.78 is 5.76. The highest BCUT2D eigenvalue weighted by Crippen LogP contribution is 2.23. The molecular formula is C23H28N2O4. The fourth-order valence-corrected chi connectivity index (χ4v) is 3.95. The van der Waals surface area contributed by atoms with Crippen molar-refractivity contribution in [1.29, 1.82) is 0 Å². The van der Waals surface area contributed by atoms with Gasteiger partial charge in [0, 0.05) is 31.1 Å². The molecule has 2 atom stereocenters. The van der Waals surface area contributed by atoms with E-state index in [9.17, 15) is 4.79 Å². The molecule has 2 saturated heterocycles. The fourth-order valence-electron chi connectivity index (χ4n) is 3.95. The lowest BCUT2D eigenvalue weighted by molar-refractivity contribution is -0.122. The largest absolute Gasteiger partial charge is 0.483 e. The van der Waals surface area contributed by atoms with Crippen molar-refractivity contribution in [3.05, 3.63) is 59.7 Å². The molecule has 0 unspecified atom stereocenters. The third kappa shape index (κ3) is 5.22. The van der Waals surface area contributed by atoms with Crippen molar-refractivity contribution in [2.24, 2.45) is 5.92 Å². The van der Waals surface area contributed by atoms with Gasteiger partial charge in [-0.1, -0.05) is 42.0 Å². The van der Waals surface area contributed by atoms with Crippen molar-refractivity contribution in [3.63, 3.8) is 0 Å². The van der Waals surface area contributed by atoms with E-state index in [1.165, 1.54) is 11.1 Å². The first-order valence-corrected chi connectivity index (χ1v) is 9.84. The van der Waals surface area contributed by atoms with Gasteiger partial charge in [0.2, 0.25) is 0 Å². The lowest BCUT2D eigenvalue weighted by atomic mass is 10.0. The van der Waals surface area contributed by atoms with Crippen LogP contribution in [0.2, 0.25) is 0 Å². The predicted octanol–water partition coefficient (Wildman–Crippen LogP) is 2.77. The Kier molecular flexibility index (Phi) is 7.01. The molecule has 0 aliphatic carbocycles. The second-order valence-corrected chi connectivity index (χ2v) is 7.76. The molecule has 0 aromatic heterocycles. The molecule has 0 radical (unpaired) electrons. The quantitative estimate of drug-likeness (QED) is 0.791. The maximum absolute atomic E-state index is 13.0. The molecule has 1 amide bonds. The normalized spacial score (nSPS) is 21.5. The number of benzene rings is 2. The van der Waals surface area contributed by atoms with Crippen LogP contribution < -0.4 is 0 Å². The van der Waals surface area contributed by atoms with Gasteiger partial charge in [0.1, 0.15) is 0 Å². The van der Waals surface area contributed by atoms with Gasteiger partial charge in [-0.3, -0.25) is 14.5 Å². The third-order valence-electron chi connectivity index (χ3n) is 5.55. The Morgan fingerprint density at radius 1 is 1.00 bits per heavy atom. The third-order valence-corrected chi connectivity index (χ3v) is 5.55. The maximum atomic E-state index is 13.0. The van der Waals surface area contributed by atoms with E-state index in [0.29, 0.717) is 18.6 Å². The van der Waals surface area contributed by atoms with Gasteiger partial charge >= 0.3 is 0 Å². The summed E-state index contributed by atoms with van der Waals surface area (Å²) in [5.41, 5.74) is 4.34. The summed E-state index contributed by atoms with van der Waals surface area (Å²) in [4.78, 5) is 25.8. The molecule has 2 aromatic rings. The molecule has 0 saturated carbocycles. The number of ether oxygens (including phenoxy) is 1. The Morgan fingerprint density at radius 3 is 2.21 bits per heavy atom. The van der Waals surface area contributed by atoms with Crippen molar-refractivity contribution >= 4 is 12.4 Å². The Bertz CT molecular complexity index is 820. The number of carbonyl (C=O) groups is 2. The zero-order valence-electron chi connectivity index (χ0n) is 17.0. The van der Waals surface area contributed by atoms with E-state index in [1.807, 2.05) is 29.2 Å². The molecule has 0 spiro atoms. The van der Waals surface area contributed by atoms with Crippen molar-refractivity contribution in [2.45, 2.75) is 13.0 Å². The van der Waals surface area contributed by atoms with Gasteiger partial charge < -0.3 is 14.7 Å². The van der Waals surface area contributed by atoms with E-state index in [0.717, 1.165) is 37.4 Å². The molecule has 2 aliphatic rings. The highest BCUT2D eigenvalue weighted by molar-refractivity contribution is 5.94. The van der Waals surface area contributed by atoms with E-state index in [2.05, 4.69) is 43.1 Å². The van der Waals surface area contributed by atoms with Gasteiger partial charge in [-0.25, -0.2) is 0 Å². The zero-order valence-corrected chi connectivity index (χ0v) is 17.0. The van der Waals surface area contributed by atoms with E-state index < -0.39 is 0 Å². The molecule has 2 heterocycles. The van der Waals surface area contributed by atoms with Gasteiger partial charge in [-0.05, 0) is 37.2 Å². The summed E-state index contributed by atoms with van der Waals surface area (Å²) in [6.45, 7) is 5.82. The van der Waals surface area contributed by atoms with Crippen molar-refractivity contribution in [1.82, 2.24) is 9.80 Å². The highest BCUT2D eigenvalue weighted by Gasteiger charge is 2.33. The number of hydrogen-bond donors (Lipinski definition) is 1. The number of nitrogens with zero attached hydrogens (tertiary/aromatic N) is 2. The average molecular weight is 396 g/mol. The zero-order chi connectivity index (χ0) is 20.8. The summed E-state index contributed by atoms with van der Waals surface area (Å²) in [5.74, 6) is 0.524. The minimum absolute atomic E-state index is 0.132. The predicted molar refractivity (Wildman–Crippen MR) is 112 cm³/mol. The molecule has 154 valence electrons. The summed E-state index contributed by atoms with van der Waals surface area (Å²) in [6.07, 6.45) is 0. The minimum Gasteiger partial charge on any atom is -0.483 e. The topological polar surface area (TPSA) is 70.1 Å². The van der Waals surface area contributed by atoms with Crippen LogP contribution in [0.25, 0.3) is 11.1 Å². The lowest BCUT2D eigenvalue weighted by Crippen LogP contribution is -2.44. The van der Waals surface area contributed by atoms with Crippen LogP contribution in [0.1, 0.15) is 15.9 Å². The second kappa shape index (κ2) is 9.67. The monoisotopic (exact) mass is 396 g/mol. The van der Waals surface area contributed by atoms with Gasteiger partial charge in [0.25, 0.3) is 12.4 Å². The molecule has 2 fully saturated rings. The Balaban J connectivity index is 0.000000755. The van der Waals surface area contributed by atoms with E-state index in [-0.39, 0.29) is 12.4 Å². The van der Waals surface area contributed by atoms with Crippen LogP contribution in [-0.4, -0.2) is 73.2 Å². The summed E-state index contributed by atoms with van der Waals surface area (Å²) in [7, 11) is 2.14. The summed E-state index contributed by atoms with van der Waals surface area (Å²) in [6, 6.07) is 16.8. The SMILES string of the molecule is Cc1ccc(-c2ccc(C(=O)N3C[C@@H]4COC[C@H](C3)N(C)C4)cc2)cc1.O=CO. The van der Waals surface area contributed by atoms with Gasteiger partial charge in [0.15, 0.2) is 0 Å². The molecule has 2 aliphatic heterocycles. The standard InChI is InChI=1S/C22H26N2O2.CH2O2/c1-16-3-5-18(6-4-16)19-7-9-20(10-8-19)22(25)24-12-17-11-23(2)21(13-24)15-26-14-17;2-1-3/h3-10,17,21H,11-15H2,1-2H3;1H,(H,2,3)/t17-,21+;/m1./s1. The average Bonchev–Trinajstić information content (AvgIpc) is 2.97. The van der Waals surface area contributed by atoms with E-state index in [1.54, 1.807) is 0 Å². The number of fused-ring (bicyclic) bond motifs is 3. The number of amides is 1. The molecule has 29 heavy (non-hydrogen) atoms. The Hall–Kier alpha value is -2.70. The maximum Gasteiger partial charge on any atom is 0.290 e. The molecule has 2 aromatic carbocycles. The van der Waals surface area contributed by atoms with Gasteiger partial charge in [-0.2, -0.15) is 0 Å². The molecular weight excluding hydrogens is 368 g/mol. The number of carboxylic acid groups (broad SMARTS) is 1. The number of aryl methyl sites for hydroxylation is 1. The van der Waals surface area contributed by atoms with Crippen LogP contribution in [0, 0.1) is 12.8 Å². The van der Waals surface area contributed by atoms with E-state index >= 15 is 0 Å². The van der Waals surface area contributed by atoms with Crippen LogP contribution in [0.15, 0.2) is 48.5 Å². The highest BCUT2D eigenvalue weighted by atomic mass is 16.5. The second-order valence-electron chi connectivity index (χ2n) is 7.76. The van der Waals surface area contributed by atoms with Crippen molar-refractivity contribution < 1.29 is 19.4 Å². The van der Waals surface area contributed by atoms with E-state index in [4.69, 9.17) is 14.6 Å². The summed E-state index contributed by atoms with van der Waals surface area (Å²) >= 11 is 0. The number of hydrogen-bond acceptors (Lipinski definition) is 4. The first kappa shape index (κ1) is 21.0. The fraction of sp³-hybridized carbons (Fsp3) is 0.391. The van der Waals surface area contributed by atoms with Crippen LogP contribution >= 0.6 is 0 Å². The molecule has 4 rings (SSSR count). The van der Waals surface area contributed by atoms with Crippen LogP contribution in [0.5, 0.6) is 0 Å². The smallest absolute Gasteiger partial charge is 0.290 e. The van der Waals surface area contributed by atoms with Crippen LogP contribution in [0.3, 0.4) is 0 Å². The van der Waals surface area contributed by atoms with Crippen molar-refractivity contribution in [2.75, 3.05) is 39.9 Å². The van der Waals surface area contributed by atoms with Gasteiger partial charge in [0.05, 0.1) is 19.3 Å². The van der Waals surface area contributed by atoms with Crippen molar-refractivity contribution in [3.8, 4) is 11.1 Å². The molecule has 1 N–H and O–H groups in total. The lowest BCUT2D eigenvalue weighted by Gasteiger charge is -2.29. The number of likely N-dealkylation sites (N-methyl/N-ethyl adjacent to an activating group) is 1. The van der Waals surface area contributed by atoms with Gasteiger partial charge in [-0.15, -0.1) is 0 Å². The molecule has 6 nitrogen and oxygen atoms in total. The Morgan fingerprint density at radius 2 is 1.59 bits per heavy atom.